The summed E-state index contributed by atoms with van der Waals surface area (Å²) < 4.78 is 7.35. The van der Waals surface area contributed by atoms with Gasteiger partial charge in [0.25, 0.3) is 0 Å². The highest BCUT2D eigenvalue weighted by atomic mass is 35.5. The van der Waals surface area contributed by atoms with E-state index in [4.69, 9.17) is 21.3 Å². The lowest BCUT2D eigenvalue weighted by atomic mass is 10.1. The Bertz CT molecular complexity index is 1280. The van der Waals surface area contributed by atoms with Gasteiger partial charge in [0.15, 0.2) is 5.82 Å². The van der Waals surface area contributed by atoms with Crippen LogP contribution >= 0.6 is 11.6 Å². The Morgan fingerprint density at radius 2 is 1.88 bits per heavy atom. The van der Waals surface area contributed by atoms with Crippen molar-refractivity contribution < 1.29 is 9.53 Å². The maximum absolute atomic E-state index is 12.6. The number of rotatable bonds is 7. The number of hydrogen-bond acceptors (Lipinski definition) is 4. The first-order valence-electron chi connectivity index (χ1n) is 10.5. The molecule has 4 rings (SSSR count). The van der Waals surface area contributed by atoms with Crippen LogP contribution < -0.4 is 10.1 Å². The van der Waals surface area contributed by atoms with Crippen molar-refractivity contribution >= 4 is 34.2 Å². The molecular formula is C25H25ClN4O2. The Balaban J connectivity index is 1.46. The van der Waals surface area contributed by atoms with Gasteiger partial charge in [0, 0.05) is 17.9 Å². The van der Waals surface area contributed by atoms with Gasteiger partial charge in [-0.15, -0.1) is 0 Å². The molecule has 0 saturated carbocycles. The van der Waals surface area contributed by atoms with E-state index in [2.05, 4.69) is 23.4 Å². The van der Waals surface area contributed by atoms with Gasteiger partial charge in [-0.05, 0) is 56.5 Å². The molecule has 2 aromatic carbocycles. The molecule has 0 bridgehead atoms. The summed E-state index contributed by atoms with van der Waals surface area (Å²) >= 11 is 6.09. The molecule has 0 atom stereocenters. The summed E-state index contributed by atoms with van der Waals surface area (Å²) in [7, 11) is 0. The highest BCUT2D eigenvalue weighted by molar-refractivity contribution is 6.32. The van der Waals surface area contributed by atoms with Crippen molar-refractivity contribution in [3.05, 3.63) is 76.4 Å². The van der Waals surface area contributed by atoms with Crippen LogP contribution in [0.1, 0.15) is 29.7 Å². The fraction of sp³-hybridized carbons (Fsp3) is 0.240. The molecule has 6 nitrogen and oxygen atoms in total. The number of carbonyl (C=O) groups is 1. The van der Waals surface area contributed by atoms with Crippen LogP contribution in [0.15, 0.2) is 54.6 Å². The van der Waals surface area contributed by atoms with Gasteiger partial charge < -0.3 is 10.1 Å². The van der Waals surface area contributed by atoms with Crippen LogP contribution in [0.25, 0.3) is 16.7 Å². The summed E-state index contributed by atoms with van der Waals surface area (Å²) in [4.78, 5) is 17.4. The van der Waals surface area contributed by atoms with Gasteiger partial charge in [-0.3, -0.25) is 4.79 Å². The molecule has 0 unspecified atom stereocenters. The number of benzene rings is 2. The zero-order chi connectivity index (χ0) is 22.7. The molecule has 0 aliphatic rings. The number of carbonyl (C=O) groups excluding carboxylic acids is 1. The van der Waals surface area contributed by atoms with Crippen molar-refractivity contribution in [3.63, 3.8) is 0 Å². The number of nitrogens with one attached hydrogen (secondary N) is 1. The minimum Gasteiger partial charge on any atom is -0.492 e. The van der Waals surface area contributed by atoms with Crippen molar-refractivity contribution in [2.75, 3.05) is 11.9 Å². The lowest BCUT2D eigenvalue weighted by Gasteiger charge is -2.12. The van der Waals surface area contributed by atoms with Gasteiger partial charge in [0.2, 0.25) is 5.91 Å². The molecule has 7 heteroatoms. The number of pyridine rings is 1. The standard InChI is InChI=1S/C25H25ClN4O2/c1-16-8-6-9-19-17(2)14-22(28-25(16)19)30-23(15-18(3)29-30)27-24(31)12-7-13-32-21-11-5-4-10-20(21)26/h4-6,8-11,14-15H,7,12-13H2,1-3H3,(H,27,31). The molecule has 2 heterocycles. The zero-order valence-electron chi connectivity index (χ0n) is 18.4. The van der Waals surface area contributed by atoms with Crippen LogP contribution in [0.2, 0.25) is 5.02 Å². The number of hydrogen-bond donors (Lipinski definition) is 1. The van der Waals surface area contributed by atoms with E-state index in [-0.39, 0.29) is 5.91 Å². The summed E-state index contributed by atoms with van der Waals surface area (Å²) in [5.74, 6) is 1.79. The van der Waals surface area contributed by atoms with E-state index in [0.29, 0.717) is 41.9 Å². The highest BCUT2D eigenvalue weighted by Crippen LogP contribution is 2.25. The van der Waals surface area contributed by atoms with Crippen molar-refractivity contribution in [3.8, 4) is 11.6 Å². The number of nitrogens with zero attached hydrogens (tertiary/aromatic N) is 3. The molecule has 0 radical (unpaired) electrons. The van der Waals surface area contributed by atoms with Crippen LogP contribution in [0.3, 0.4) is 0 Å². The second-order valence-corrected chi connectivity index (χ2v) is 8.19. The minimum absolute atomic E-state index is 0.109. The van der Waals surface area contributed by atoms with Gasteiger partial charge in [0.05, 0.1) is 22.8 Å². The van der Waals surface area contributed by atoms with Crippen LogP contribution in [0.5, 0.6) is 5.75 Å². The first kappa shape index (κ1) is 21.8. The average Bonchev–Trinajstić information content (AvgIpc) is 3.13. The van der Waals surface area contributed by atoms with Gasteiger partial charge in [-0.1, -0.05) is 41.9 Å². The molecule has 4 aromatic rings. The minimum atomic E-state index is -0.109. The smallest absolute Gasteiger partial charge is 0.225 e. The number of anilines is 1. The summed E-state index contributed by atoms with van der Waals surface area (Å²) in [6, 6.07) is 17.3. The number of ether oxygens (including phenoxy) is 1. The van der Waals surface area contributed by atoms with Crippen molar-refractivity contribution in [2.24, 2.45) is 0 Å². The number of amides is 1. The normalized spacial score (nSPS) is 11.0. The van der Waals surface area contributed by atoms with E-state index in [1.165, 1.54) is 0 Å². The second kappa shape index (κ2) is 9.40. The van der Waals surface area contributed by atoms with Crippen molar-refractivity contribution in [1.29, 1.82) is 0 Å². The molecule has 1 N–H and O–H groups in total. The molecule has 164 valence electrons. The van der Waals surface area contributed by atoms with Gasteiger partial charge in [-0.25, -0.2) is 4.98 Å². The van der Waals surface area contributed by atoms with E-state index in [1.807, 2.05) is 56.3 Å². The van der Waals surface area contributed by atoms with Crippen LogP contribution in [0, 0.1) is 20.8 Å². The number of para-hydroxylation sites is 2. The van der Waals surface area contributed by atoms with Gasteiger partial charge >= 0.3 is 0 Å². The fourth-order valence-electron chi connectivity index (χ4n) is 3.60. The molecule has 2 aromatic heterocycles. The van der Waals surface area contributed by atoms with E-state index in [1.54, 1.807) is 10.7 Å². The van der Waals surface area contributed by atoms with E-state index >= 15 is 0 Å². The van der Waals surface area contributed by atoms with Gasteiger partial charge in [0.1, 0.15) is 11.6 Å². The molecule has 0 aliphatic carbocycles. The molecule has 0 fully saturated rings. The lowest BCUT2D eigenvalue weighted by molar-refractivity contribution is -0.116. The Morgan fingerprint density at radius 1 is 1.06 bits per heavy atom. The molecule has 1 amide bonds. The maximum atomic E-state index is 12.6. The van der Waals surface area contributed by atoms with Crippen molar-refractivity contribution in [1.82, 2.24) is 14.8 Å². The number of aryl methyl sites for hydroxylation is 3. The first-order valence-corrected chi connectivity index (χ1v) is 10.9. The van der Waals surface area contributed by atoms with Crippen LogP contribution in [-0.2, 0) is 4.79 Å². The van der Waals surface area contributed by atoms with E-state index in [0.717, 1.165) is 27.7 Å². The van der Waals surface area contributed by atoms with Crippen molar-refractivity contribution in [2.45, 2.75) is 33.6 Å². The number of aromatic nitrogens is 3. The molecular weight excluding hydrogens is 424 g/mol. The van der Waals surface area contributed by atoms with Crippen LogP contribution in [-0.4, -0.2) is 27.3 Å². The first-order chi connectivity index (χ1) is 15.4. The molecule has 32 heavy (non-hydrogen) atoms. The summed E-state index contributed by atoms with van der Waals surface area (Å²) in [6.07, 6.45) is 0.884. The Hall–Kier alpha value is -3.38. The number of fused-ring (bicyclic) bond motifs is 1. The Kier molecular flexibility index (Phi) is 6.42. The zero-order valence-corrected chi connectivity index (χ0v) is 19.1. The van der Waals surface area contributed by atoms with Gasteiger partial charge in [-0.2, -0.15) is 9.78 Å². The van der Waals surface area contributed by atoms with Crippen LogP contribution in [0.4, 0.5) is 5.82 Å². The molecule has 0 spiro atoms. The van der Waals surface area contributed by atoms with E-state index < -0.39 is 0 Å². The predicted molar refractivity (Wildman–Crippen MR) is 128 cm³/mol. The quantitative estimate of drug-likeness (QED) is 0.363. The summed E-state index contributed by atoms with van der Waals surface area (Å²) in [5, 5.41) is 9.19. The fourth-order valence-corrected chi connectivity index (χ4v) is 3.79. The topological polar surface area (TPSA) is 69.0 Å². The predicted octanol–water partition coefficient (Wildman–Crippen LogP) is 5.80. The highest BCUT2D eigenvalue weighted by Gasteiger charge is 2.14. The summed E-state index contributed by atoms with van der Waals surface area (Å²) in [5.41, 5.74) is 3.94. The average molecular weight is 449 g/mol. The largest absolute Gasteiger partial charge is 0.492 e. The SMILES string of the molecule is Cc1cc(NC(=O)CCCOc2ccccc2Cl)n(-c2cc(C)c3cccc(C)c3n2)n1. The number of halogens is 1. The Labute approximate surface area is 192 Å². The summed E-state index contributed by atoms with van der Waals surface area (Å²) in [6.45, 7) is 6.39. The third-order valence-corrected chi connectivity index (χ3v) is 5.51. The molecule has 0 saturated heterocycles. The monoisotopic (exact) mass is 448 g/mol. The lowest BCUT2D eigenvalue weighted by Crippen LogP contribution is -2.16. The Morgan fingerprint density at radius 3 is 2.69 bits per heavy atom. The van der Waals surface area contributed by atoms with E-state index in [9.17, 15) is 4.79 Å². The third-order valence-electron chi connectivity index (χ3n) is 5.19. The molecule has 0 aliphatic heterocycles. The third kappa shape index (κ3) is 4.75. The maximum Gasteiger partial charge on any atom is 0.225 e. The second-order valence-electron chi connectivity index (χ2n) is 7.78.